The summed E-state index contributed by atoms with van der Waals surface area (Å²) in [6.45, 7) is 0. The molecule has 0 aliphatic carbocycles. The molecular formula is C11H11NaOS2. The third-order valence-electron chi connectivity index (χ3n) is 2.02. The molecule has 4 heteroatoms. The van der Waals surface area contributed by atoms with Crippen LogP contribution in [0.1, 0.15) is 10.4 Å². The monoisotopic (exact) mass is 246 g/mol. The molecule has 0 spiro atoms. The Labute approximate surface area is 120 Å². The fourth-order valence-electron chi connectivity index (χ4n) is 1.32. The van der Waals surface area contributed by atoms with Gasteiger partial charge in [0.05, 0.1) is 0 Å². The summed E-state index contributed by atoms with van der Waals surface area (Å²) >= 11 is 4.39. The number of benzene rings is 1. The Morgan fingerprint density at radius 3 is 2.47 bits per heavy atom. The third kappa shape index (κ3) is 3.02. The van der Waals surface area contributed by atoms with Crippen molar-refractivity contribution in [2.75, 3.05) is 0 Å². The van der Waals surface area contributed by atoms with Crippen LogP contribution in [0.3, 0.4) is 0 Å². The van der Waals surface area contributed by atoms with Gasteiger partial charge in [-0.2, -0.15) is 10.9 Å². The van der Waals surface area contributed by atoms with E-state index >= 15 is 0 Å². The van der Waals surface area contributed by atoms with Gasteiger partial charge in [0.1, 0.15) is 6.29 Å². The number of carbonyl (C=O) groups is 1. The zero-order valence-electron chi connectivity index (χ0n) is 7.42. The van der Waals surface area contributed by atoms with Crippen LogP contribution in [-0.2, 0) is 0 Å². The van der Waals surface area contributed by atoms with Gasteiger partial charge >= 0.3 is 29.6 Å². The van der Waals surface area contributed by atoms with Crippen molar-refractivity contribution in [3.05, 3.63) is 46.7 Å². The van der Waals surface area contributed by atoms with Crippen LogP contribution >= 0.6 is 23.5 Å². The van der Waals surface area contributed by atoms with Gasteiger partial charge in [-0.1, -0.05) is 18.2 Å². The molecule has 0 saturated carbocycles. The molecule has 1 heterocycles. The van der Waals surface area contributed by atoms with Gasteiger partial charge in [0, 0.05) is 15.4 Å². The van der Waals surface area contributed by atoms with Crippen molar-refractivity contribution in [1.82, 2.24) is 0 Å². The number of rotatable bonds is 2. The number of allylic oxidation sites excluding steroid dienone is 2. The van der Waals surface area contributed by atoms with E-state index in [0.717, 1.165) is 16.1 Å². The summed E-state index contributed by atoms with van der Waals surface area (Å²) in [6.07, 6.45) is 4.94. The van der Waals surface area contributed by atoms with Crippen LogP contribution in [-0.4, -0.2) is 35.8 Å². The van der Waals surface area contributed by atoms with Crippen molar-refractivity contribution < 1.29 is 4.79 Å². The number of carbonyl (C=O) groups excluding carboxylic acids is 1. The molecule has 0 unspecified atom stereocenters. The summed E-state index contributed by atoms with van der Waals surface area (Å²) in [5.74, 6) is 0. The predicted molar refractivity (Wildman–Crippen MR) is 71.8 cm³/mol. The molecule has 0 amide bonds. The second-order valence-electron chi connectivity index (χ2n) is 2.96. The molecule has 1 aliphatic heterocycles. The second kappa shape index (κ2) is 5.97. The molecule has 0 fully saturated rings. The van der Waals surface area contributed by atoms with Crippen molar-refractivity contribution in [3.63, 3.8) is 0 Å². The number of hydrogen-bond donors (Lipinski definition) is 2. The van der Waals surface area contributed by atoms with Crippen molar-refractivity contribution >= 4 is 59.4 Å². The maximum atomic E-state index is 10.6. The second-order valence-corrected chi connectivity index (χ2v) is 5.33. The van der Waals surface area contributed by atoms with Gasteiger partial charge in [-0.25, -0.2) is 0 Å². The zero-order valence-corrected chi connectivity index (χ0v) is 9.21. The molecule has 0 aromatic heterocycles. The van der Waals surface area contributed by atoms with Crippen LogP contribution in [0.5, 0.6) is 0 Å². The Morgan fingerprint density at radius 1 is 1.20 bits per heavy atom. The SMILES string of the molecule is O=Cc1ccc(S)c([SH]2C=CC=C2)c1.[NaH]. The Kier molecular flexibility index (Phi) is 5.23. The van der Waals surface area contributed by atoms with Crippen LogP contribution < -0.4 is 0 Å². The first-order valence-corrected chi connectivity index (χ1v) is 6.15. The van der Waals surface area contributed by atoms with E-state index in [1.807, 2.05) is 24.3 Å². The molecule has 15 heavy (non-hydrogen) atoms. The Morgan fingerprint density at radius 2 is 1.87 bits per heavy atom. The van der Waals surface area contributed by atoms with Gasteiger partial charge in [-0.3, -0.25) is 4.79 Å². The maximum absolute atomic E-state index is 10.6. The van der Waals surface area contributed by atoms with Crippen molar-refractivity contribution in [3.8, 4) is 0 Å². The molecule has 1 nitrogen and oxygen atoms in total. The fourth-order valence-corrected chi connectivity index (χ4v) is 3.43. The van der Waals surface area contributed by atoms with Gasteiger partial charge in [0.2, 0.25) is 0 Å². The molecule has 1 aromatic carbocycles. The molecule has 2 rings (SSSR count). The Hall–Kier alpha value is 0.0700. The summed E-state index contributed by atoms with van der Waals surface area (Å²) in [5.41, 5.74) is 0.717. The molecule has 1 aromatic rings. The van der Waals surface area contributed by atoms with E-state index in [4.69, 9.17) is 0 Å². The van der Waals surface area contributed by atoms with Gasteiger partial charge in [0.25, 0.3) is 0 Å². The molecule has 0 atom stereocenters. The molecule has 1 aliphatic rings. The molecule has 0 saturated heterocycles. The van der Waals surface area contributed by atoms with Crippen molar-refractivity contribution in [1.29, 1.82) is 0 Å². The minimum absolute atomic E-state index is 0. The van der Waals surface area contributed by atoms with E-state index in [1.54, 1.807) is 6.07 Å². The van der Waals surface area contributed by atoms with Gasteiger partial charge in [0.15, 0.2) is 0 Å². The Bertz CT molecular complexity index is 415. The van der Waals surface area contributed by atoms with E-state index in [2.05, 4.69) is 23.4 Å². The predicted octanol–water partition coefficient (Wildman–Crippen LogP) is 2.54. The minimum atomic E-state index is -0.379. The van der Waals surface area contributed by atoms with Gasteiger partial charge in [-0.15, -0.1) is 12.6 Å². The van der Waals surface area contributed by atoms with Crippen LogP contribution in [0.15, 0.2) is 51.0 Å². The summed E-state index contributed by atoms with van der Waals surface area (Å²) < 4.78 is 0. The first kappa shape index (κ1) is 13.1. The van der Waals surface area contributed by atoms with E-state index in [0.29, 0.717) is 5.56 Å². The number of thiol groups is 2. The number of aldehydes is 1. The first-order chi connectivity index (χ1) is 6.81. The van der Waals surface area contributed by atoms with Crippen molar-refractivity contribution in [2.45, 2.75) is 9.79 Å². The fraction of sp³-hybridized carbons (Fsp3) is 0. The molecular weight excluding hydrogens is 235 g/mol. The van der Waals surface area contributed by atoms with Crippen LogP contribution in [0.2, 0.25) is 0 Å². The van der Waals surface area contributed by atoms with E-state index in [1.165, 1.54) is 0 Å². The molecule has 74 valence electrons. The van der Waals surface area contributed by atoms with E-state index in [-0.39, 0.29) is 40.5 Å². The van der Waals surface area contributed by atoms with Gasteiger partial charge in [-0.05, 0) is 22.9 Å². The Balaban J connectivity index is 0.00000112. The molecule has 0 radical (unpaired) electrons. The van der Waals surface area contributed by atoms with Crippen molar-refractivity contribution in [2.24, 2.45) is 0 Å². The van der Waals surface area contributed by atoms with E-state index < -0.39 is 0 Å². The summed E-state index contributed by atoms with van der Waals surface area (Å²) in [4.78, 5) is 12.7. The summed E-state index contributed by atoms with van der Waals surface area (Å²) in [6, 6.07) is 5.59. The summed E-state index contributed by atoms with van der Waals surface area (Å²) in [5, 5.41) is 4.30. The topological polar surface area (TPSA) is 17.1 Å². The average molecular weight is 246 g/mol. The third-order valence-corrected chi connectivity index (χ3v) is 4.50. The van der Waals surface area contributed by atoms with Crippen LogP contribution in [0.4, 0.5) is 0 Å². The standard InChI is InChI=1S/C11H10OS2.Na.H/c12-8-9-3-4-10(13)11(7-9)14-5-1-2-6-14;;/h1-8,13-14H;;. The van der Waals surface area contributed by atoms with Crippen LogP contribution in [0, 0.1) is 0 Å². The van der Waals surface area contributed by atoms with E-state index in [9.17, 15) is 4.79 Å². The number of hydrogen-bond acceptors (Lipinski definition) is 2. The quantitative estimate of drug-likeness (QED) is 0.466. The average Bonchev–Trinajstić information content (AvgIpc) is 2.71. The van der Waals surface area contributed by atoms with Crippen LogP contribution in [0.25, 0.3) is 0 Å². The molecule has 0 bridgehead atoms. The summed E-state index contributed by atoms with van der Waals surface area (Å²) in [7, 11) is -0.379. The normalized spacial score (nSPS) is 15.1. The van der Waals surface area contributed by atoms with Gasteiger partial charge < -0.3 is 0 Å². The molecule has 0 N–H and O–H groups in total. The first-order valence-electron chi connectivity index (χ1n) is 4.23. The zero-order chi connectivity index (χ0) is 9.97.